The maximum atomic E-state index is 13.3. The van der Waals surface area contributed by atoms with Gasteiger partial charge in [-0.25, -0.2) is 4.98 Å². The van der Waals surface area contributed by atoms with Crippen molar-refractivity contribution in [2.24, 2.45) is 11.8 Å². The fraction of sp³-hybridized carbons (Fsp3) is 0.333. The lowest BCUT2D eigenvalue weighted by Crippen LogP contribution is -2.35. The van der Waals surface area contributed by atoms with Crippen molar-refractivity contribution < 1.29 is 0 Å². The molecule has 1 aliphatic carbocycles. The molecule has 1 aliphatic heterocycles. The van der Waals surface area contributed by atoms with Gasteiger partial charge in [0.1, 0.15) is 5.82 Å². The number of para-hydroxylation sites is 1. The molecule has 3 heterocycles. The second kappa shape index (κ2) is 10.5. The van der Waals surface area contributed by atoms with E-state index in [0.29, 0.717) is 55.7 Å². The largest absolute Gasteiger partial charge is 0.367 e. The number of halogens is 3. The van der Waals surface area contributed by atoms with Gasteiger partial charge in [-0.15, -0.1) is 0 Å². The number of benzene rings is 2. The van der Waals surface area contributed by atoms with Crippen LogP contribution < -0.4 is 10.9 Å². The maximum Gasteiger partial charge on any atom is 0.255 e. The molecule has 4 aromatic rings. The molecule has 2 aliphatic rings. The number of hydrogen-bond donors (Lipinski definition) is 1. The highest BCUT2D eigenvalue weighted by molar-refractivity contribution is 6.38. The molecule has 2 atom stereocenters. The number of hydrogen-bond acceptors (Lipinski definition) is 4. The summed E-state index contributed by atoms with van der Waals surface area (Å²) in [6.07, 6.45) is 4.74. The van der Waals surface area contributed by atoms with Gasteiger partial charge in [-0.2, -0.15) is 0 Å². The van der Waals surface area contributed by atoms with Gasteiger partial charge < -0.3 is 10.2 Å². The number of anilines is 1. The number of nitrogens with one attached hydrogen (secondary N) is 1. The van der Waals surface area contributed by atoms with Crippen molar-refractivity contribution in [1.82, 2.24) is 14.5 Å². The molecule has 38 heavy (non-hydrogen) atoms. The molecular formula is C30H29Cl3N4O. The summed E-state index contributed by atoms with van der Waals surface area (Å²) < 4.78 is 1.59. The van der Waals surface area contributed by atoms with Crippen molar-refractivity contribution in [2.75, 3.05) is 25.5 Å². The van der Waals surface area contributed by atoms with E-state index in [1.165, 1.54) is 18.9 Å². The van der Waals surface area contributed by atoms with E-state index >= 15 is 0 Å². The van der Waals surface area contributed by atoms with Gasteiger partial charge in [0.05, 0.1) is 26.9 Å². The molecule has 6 rings (SSSR count). The van der Waals surface area contributed by atoms with Crippen LogP contribution in [0.25, 0.3) is 27.8 Å². The summed E-state index contributed by atoms with van der Waals surface area (Å²) in [6, 6.07) is 18.5. The first-order valence-corrected chi connectivity index (χ1v) is 14.2. The minimum atomic E-state index is -0.221. The average molecular weight is 568 g/mol. The summed E-state index contributed by atoms with van der Waals surface area (Å²) in [5, 5.41) is 5.95. The molecule has 5 nitrogen and oxygen atoms in total. The lowest BCUT2D eigenvalue weighted by atomic mass is 9.95. The summed E-state index contributed by atoms with van der Waals surface area (Å²) in [6.45, 7) is 2.27. The molecule has 1 N–H and O–H groups in total. The van der Waals surface area contributed by atoms with E-state index in [1.54, 1.807) is 28.8 Å². The molecule has 2 fully saturated rings. The summed E-state index contributed by atoms with van der Waals surface area (Å²) in [7, 11) is 2.24. The Balaban J connectivity index is 1.54. The minimum absolute atomic E-state index is 0.221. The Morgan fingerprint density at radius 1 is 0.868 bits per heavy atom. The SMILES string of the molecule is CN1CC2CCC(CC(Nc3cc4c(ccc(=O)n4-c4c(Cl)cccc4Cl)c(-c4ccccc4Cl)n3)C2)C1. The first kappa shape index (κ1) is 25.7. The van der Waals surface area contributed by atoms with Crippen molar-refractivity contribution >= 4 is 51.5 Å². The van der Waals surface area contributed by atoms with Gasteiger partial charge in [0.25, 0.3) is 5.56 Å². The van der Waals surface area contributed by atoms with Crippen LogP contribution >= 0.6 is 34.8 Å². The summed E-state index contributed by atoms with van der Waals surface area (Å²) in [5.41, 5.74) is 2.43. The molecular weight excluding hydrogens is 539 g/mol. The molecule has 2 aromatic heterocycles. The monoisotopic (exact) mass is 566 g/mol. The molecule has 8 heteroatoms. The average Bonchev–Trinajstić information content (AvgIpc) is 3.16. The third-order valence-electron chi connectivity index (χ3n) is 7.89. The van der Waals surface area contributed by atoms with E-state index in [1.807, 2.05) is 30.3 Å². The molecule has 0 spiro atoms. The lowest BCUT2D eigenvalue weighted by molar-refractivity contribution is 0.230. The number of nitrogens with zero attached hydrogens (tertiary/aromatic N) is 3. The molecule has 0 amide bonds. The smallest absolute Gasteiger partial charge is 0.255 e. The topological polar surface area (TPSA) is 50.2 Å². The van der Waals surface area contributed by atoms with Crippen LogP contribution in [0.3, 0.4) is 0 Å². The van der Waals surface area contributed by atoms with Gasteiger partial charge in [-0.05, 0) is 68.8 Å². The predicted molar refractivity (Wildman–Crippen MR) is 158 cm³/mol. The normalized spacial score (nSPS) is 21.8. The summed E-state index contributed by atoms with van der Waals surface area (Å²) >= 11 is 19.9. The van der Waals surface area contributed by atoms with Crippen LogP contribution in [0.5, 0.6) is 0 Å². The number of aromatic nitrogens is 2. The third-order valence-corrected chi connectivity index (χ3v) is 8.83. The number of pyridine rings is 2. The third kappa shape index (κ3) is 4.93. The number of rotatable bonds is 4. The van der Waals surface area contributed by atoms with E-state index in [-0.39, 0.29) is 5.56 Å². The first-order chi connectivity index (χ1) is 18.4. The zero-order chi connectivity index (χ0) is 26.4. The van der Waals surface area contributed by atoms with Gasteiger partial charge >= 0.3 is 0 Å². The Bertz CT molecular complexity index is 1530. The Kier molecular flexibility index (Phi) is 7.12. The van der Waals surface area contributed by atoms with Crippen LogP contribution in [0.2, 0.25) is 15.1 Å². The molecule has 1 saturated carbocycles. The highest BCUT2D eigenvalue weighted by Crippen LogP contribution is 2.38. The van der Waals surface area contributed by atoms with Gasteiger partial charge in [-0.3, -0.25) is 9.36 Å². The zero-order valence-electron chi connectivity index (χ0n) is 21.1. The Morgan fingerprint density at radius 2 is 1.53 bits per heavy atom. The van der Waals surface area contributed by atoms with Gasteiger partial charge in [0.15, 0.2) is 0 Å². The molecule has 2 aromatic carbocycles. The highest BCUT2D eigenvalue weighted by Gasteiger charge is 2.31. The Morgan fingerprint density at radius 3 is 2.21 bits per heavy atom. The summed E-state index contributed by atoms with van der Waals surface area (Å²) in [4.78, 5) is 20.9. The summed E-state index contributed by atoms with van der Waals surface area (Å²) in [5.74, 6) is 2.04. The fourth-order valence-corrected chi connectivity index (χ4v) is 7.12. The zero-order valence-corrected chi connectivity index (χ0v) is 23.4. The molecule has 196 valence electrons. The van der Waals surface area contributed by atoms with Crippen LogP contribution in [0.1, 0.15) is 25.7 Å². The van der Waals surface area contributed by atoms with Gasteiger partial charge in [-0.1, -0.05) is 59.1 Å². The van der Waals surface area contributed by atoms with Crippen molar-refractivity contribution in [2.45, 2.75) is 31.7 Å². The predicted octanol–water partition coefficient (Wildman–Crippen LogP) is 7.55. The van der Waals surface area contributed by atoms with Crippen LogP contribution in [-0.4, -0.2) is 40.6 Å². The number of fused-ring (bicyclic) bond motifs is 4. The highest BCUT2D eigenvalue weighted by atomic mass is 35.5. The Hall–Kier alpha value is -2.57. The lowest BCUT2D eigenvalue weighted by Gasteiger charge is -2.30. The van der Waals surface area contributed by atoms with Crippen LogP contribution in [0.4, 0.5) is 5.82 Å². The molecule has 0 radical (unpaired) electrons. The van der Waals surface area contributed by atoms with Crippen molar-refractivity contribution in [3.8, 4) is 16.9 Å². The standard InChI is InChI=1S/C30H29Cl3N4O/c1-36-16-18-9-10-19(17-36)14-20(13-18)34-27-15-26-22(29(35-27)21-5-2-3-6-23(21)31)11-12-28(38)37(26)30-24(32)7-4-8-25(30)33/h2-8,11-12,15,18-20H,9-10,13-14,16-17H2,1H3,(H,34,35). The molecule has 2 bridgehead atoms. The van der Waals surface area contributed by atoms with E-state index in [9.17, 15) is 4.79 Å². The second-order valence-corrected chi connectivity index (χ2v) is 11.9. The van der Waals surface area contributed by atoms with E-state index in [4.69, 9.17) is 39.8 Å². The van der Waals surface area contributed by atoms with E-state index < -0.39 is 0 Å². The van der Waals surface area contributed by atoms with Crippen LogP contribution in [-0.2, 0) is 0 Å². The second-order valence-electron chi connectivity index (χ2n) is 10.7. The van der Waals surface area contributed by atoms with Gasteiger partial charge in [0, 0.05) is 47.2 Å². The molecule has 1 saturated heterocycles. The van der Waals surface area contributed by atoms with Gasteiger partial charge in [0.2, 0.25) is 0 Å². The quantitative estimate of drug-likeness (QED) is 0.277. The number of likely N-dealkylation sites (tertiary alicyclic amines) is 1. The first-order valence-electron chi connectivity index (χ1n) is 13.1. The fourth-order valence-electron chi connectivity index (χ4n) is 6.33. The molecule has 2 unspecified atom stereocenters. The maximum absolute atomic E-state index is 13.3. The van der Waals surface area contributed by atoms with Crippen molar-refractivity contribution in [3.63, 3.8) is 0 Å². The van der Waals surface area contributed by atoms with E-state index in [2.05, 4.69) is 17.3 Å². The van der Waals surface area contributed by atoms with E-state index in [0.717, 1.165) is 36.9 Å². The Labute approximate surface area is 237 Å². The van der Waals surface area contributed by atoms with Crippen molar-refractivity contribution in [1.29, 1.82) is 0 Å². The van der Waals surface area contributed by atoms with Crippen LogP contribution in [0, 0.1) is 11.8 Å². The van der Waals surface area contributed by atoms with Crippen molar-refractivity contribution in [3.05, 3.63) is 86.1 Å². The van der Waals surface area contributed by atoms with Crippen LogP contribution in [0.15, 0.2) is 65.5 Å². The minimum Gasteiger partial charge on any atom is -0.367 e.